The second-order valence-electron chi connectivity index (χ2n) is 3.66. The molecule has 0 saturated carbocycles. The number of benzene rings is 1. The molecule has 0 aromatic heterocycles. The maximum absolute atomic E-state index is 5.86. The molecule has 1 unspecified atom stereocenters. The van der Waals surface area contributed by atoms with Crippen LogP contribution in [-0.4, -0.2) is 6.61 Å². The molecule has 0 amide bonds. The van der Waals surface area contributed by atoms with Gasteiger partial charge in [0.1, 0.15) is 0 Å². The molecule has 0 aliphatic rings. The monoisotopic (exact) mass is 212 g/mol. The first-order valence-electron chi connectivity index (χ1n) is 5.04. The number of hydrogen-bond acceptors (Lipinski definition) is 1. The second kappa shape index (κ2) is 6.05. The van der Waals surface area contributed by atoms with Crippen molar-refractivity contribution in [2.24, 2.45) is 5.92 Å². The average molecular weight is 213 g/mol. The van der Waals surface area contributed by atoms with Crippen molar-refractivity contribution in [1.29, 1.82) is 0 Å². The molecule has 1 atom stereocenters. The summed E-state index contributed by atoms with van der Waals surface area (Å²) in [5, 5.41) is 0.773. The molecule has 0 radical (unpaired) electrons. The molecule has 0 aliphatic carbocycles. The zero-order valence-corrected chi connectivity index (χ0v) is 9.55. The Morgan fingerprint density at radius 1 is 1.43 bits per heavy atom. The maximum atomic E-state index is 5.86. The third-order valence-electron chi connectivity index (χ3n) is 2.26. The van der Waals surface area contributed by atoms with E-state index >= 15 is 0 Å². The van der Waals surface area contributed by atoms with Gasteiger partial charge in [-0.2, -0.15) is 0 Å². The van der Waals surface area contributed by atoms with E-state index in [1.54, 1.807) is 0 Å². The molecule has 2 heteroatoms. The Morgan fingerprint density at radius 3 is 2.86 bits per heavy atom. The Labute approximate surface area is 91.0 Å². The molecule has 0 bridgehead atoms. The first-order valence-corrected chi connectivity index (χ1v) is 5.42. The van der Waals surface area contributed by atoms with Crippen LogP contribution in [-0.2, 0) is 11.3 Å². The lowest BCUT2D eigenvalue weighted by molar-refractivity contribution is 0.0910. The smallest absolute Gasteiger partial charge is 0.0717 e. The van der Waals surface area contributed by atoms with Crippen molar-refractivity contribution in [3.05, 3.63) is 34.9 Å². The van der Waals surface area contributed by atoms with Gasteiger partial charge in [0.15, 0.2) is 0 Å². The van der Waals surface area contributed by atoms with Gasteiger partial charge in [-0.3, -0.25) is 0 Å². The molecule has 14 heavy (non-hydrogen) atoms. The molecular formula is C12H17ClO. The zero-order valence-electron chi connectivity index (χ0n) is 8.79. The highest BCUT2D eigenvalue weighted by atomic mass is 35.5. The SMILES string of the molecule is CCC(C)COCc1cccc(Cl)c1. The highest BCUT2D eigenvalue weighted by Crippen LogP contribution is 2.12. The molecule has 78 valence electrons. The fourth-order valence-electron chi connectivity index (χ4n) is 1.12. The van der Waals surface area contributed by atoms with Gasteiger partial charge >= 0.3 is 0 Å². The molecule has 1 rings (SSSR count). The van der Waals surface area contributed by atoms with Crippen molar-refractivity contribution in [2.75, 3.05) is 6.61 Å². The topological polar surface area (TPSA) is 9.23 Å². The van der Waals surface area contributed by atoms with Gasteiger partial charge in [-0.05, 0) is 23.6 Å². The molecule has 0 heterocycles. The highest BCUT2D eigenvalue weighted by Gasteiger charge is 1.99. The fourth-order valence-corrected chi connectivity index (χ4v) is 1.34. The van der Waals surface area contributed by atoms with E-state index in [4.69, 9.17) is 16.3 Å². The normalized spacial score (nSPS) is 12.8. The lowest BCUT2D eigenvalue weighted by Crippen LogP contribution is -2.04. The minimum Gasteiger partial charge on any atom is -0.376 e. The summed E-state index contributed by atoms with van der Waals surface area (Å²) < 4.78 is 5.57. The van der Waals surface area contributed by atoms with Crippen LogP contribution in [0.2, 0.25) is 5.02 Å². The third kappa shape index (κ3) is 4.12. The maximum Gasteiger partial charge on any atom is 0.0717 e. The van der Waals surface area contributed by atoms with Gasteiger partial charge in [-0.1, -0.05) is 44.0 Å². The van der Waals surface area contributed by atoms with Crippen LogP contribution in [0.4, 0.5) is 0 Å². The number of ether oxygens (including phenoxy) is 1. The van der Waals surface area contributed by atoms with Crippen molar-refractivity contribution >= 4 is 11.6 Å². The van der Waals surface area contributed by atoms with Gasteiger partial charge in [0, 0.05) is 11.6 Å². The Hall–Kier alpha value is -0.530. The Kier molecular flexibility index (Phi) is 4.99. The molecule has 1 aromatic carbocycles. The summed E-state index contributed by atoms with van der Waals surface area (Å²) >= 11 is 5.86. The first kappa shape index (κ1) is 11.5. The van der Waals surface area contributed by atoms with Crippen LogP contribution in [0.15, 0.2) is 24.3 Å². The van der Waals surface area contributed by atoms with Crippen molar-refractivity contribution in [3.8, 4) is 0 Å². The summed E-state index contributed by atoms with van der Waals surface area (Å²) in [6.07, 6.45) is 1.16. The van der Waals surface area contributed by atoms with Gasteiger partial charge < -0.3 is 4.74 Å². The van der Waals surface area contributed by atoms with Crippen LogP contribution in [0.1, 0.15) is 25.8 Å². The van der Waals surface area contributed by atoms with Crippen molar-refractivity contribution in [2.45, 2.75) is 26.9 Å². The quantitative estimate of drug-likeness (QED) is 0.719. The fraction of sp³-hybridized carbons (Fsp3) is 0.500. The van der Waals surface area contributed by atoms with Gasteiger partial charge in [0.25, 0.3) is 0 Å². The molecule has 0 N–H and O–H groups in total. The average Bonchev–Trinajstić information content (AvgIpc) is 2.17. The van der Waals surface area contributed by atoms with Crippen LogP contribution in [0.3, 0.4) is 0 Å². The lowest BCUT2D eigenvalue weighted by atomic mass is 10.1. The lowest BCUT2D eigenvalue weighted by Gasteiger charge is -2.09. The van der Waals surface area contributed by atoms with E-state index in [2.05, 4.69) is 13.8 Å². The predicted octanol–water partition coefficient (Wildman–Crippen LogP) is 3.90. The Balaban J connectivity index is 2.31. The van der Waals surface area contributed by atoms with Crippen LogP contribution in [0, 0.1) is 5.92 Å². The minimum absolute atomic E-state index is 0.634. The summed E-state index contributed by atoms with van der Waals surface area (Å²) in [6, 6.07) is 7.80. The van der Waals surface area contributed by atoms with E-state index in [1.807, 2.05) is 24.3 Å². The molecule has 0 spiro atoms. The minimum atomic E-state index is 0.634. The summed E-state index contributed by atoms with van der Waals surface area (Å²) in [7, 11) is 0. The molecule has 1 aromatic rings. The standard InChI is InChI=1S/C12H17ClO/c1-3-10(2)8-14-9-11-5-4-6-12(13)7-11/h4-7,10H,3,8-9H2,1-2H3. The first-order chi connectivity index (χ1) is 6.72. The van der Waals surface area contributed by atoms with Crippen molar-refractivity contribution in [1.82, 2.24) is 0 Å². The number of rotatable bonds is 5. The van der Waals surface area contributed by atoms with E-state index in [0.29, 0.717) is 12.5 Å². The predicted molar refractivity (Wildman–Crippen MR) is 60.6 cm³/mol. The van der Waals surface area contributed by atoms with E-state index in [0.717, 1.165) is 23.6 Å². The van der Waals surface area contributed by atoms with Crippen molar-refractivity contribution in [3.63, 3.8) is 0 Å². The Bertz CT molecular complexity index is 273. The van der Waals surface area contributed by atoms with E-state index in [1.165, 1.54) is 0 Å². The van der Waals surface area contributed by atoms with Crippen molar-refractivity contribution < 1.29 is 4.74 Å². The second-order valence-corrected chi connectivity index (χ2v) is 4.09. The molecule has 1 nitrogen and oxygen atoms in total. The zero-order chi connectivity index (χ0) is 10.4. The summed E-state index contributed by atoms with van der Waals surface area (Å²) in [5.74, 6) is 0.634. The Morgan fingerprint density at radius 2 is 2.21 bits per heavy atom. The molecule has 0 fully saturated rings. The molecule has 0 saturated heterocycles. The van der Waals surface area contributed by atoms with Crippen LogP contribution in [0.25, 0.3) is 0 Å². The molecular weight excluding hydrogens is 196 g/mol. The van der Waals surface area contributed by atoms with E-state index < -0.39 is 0 Å². The molecule has 0 aliphatic heterocycles. The summed E-state index contributed by atoms with van der Waals surface area (Å²) in [5.41, 5.74) is 1.14. The summed E-state index contributed by atoms with van der Waals surface area (Å²) in [4.78, 5) is 0. The highest BCUT2D eigenvalue weighted by molar-refractivity contribution is 6.30. The van der Waals surface area contributed by atoms with Gasteiger partial charge in [-0.25, -0.2) is 0 Å². The van der Waals surface area contributed by atoms with Crippen LogP contribution in [0.5, 0.6) is 0 Å². The van der Waals surface area contributed by atoms with E-state index in [9.17, 15) is 0 Å². The summed E-state index contributed by atoms with van der Waals surface area (Å²) in [6.45, 7) is 5.85. The number of halogens is 1. The van der Waals surface area contributed by atoms with Gasteiger partial charge in [-0.15, -0.1) is 0 Å². The van der Waals surface area contributed by atoms with E-state index in [-0.39, 0.29) is 0 Å². The number of hydrogen-bond donors (Lipinski definition) is 0. The third-order valence-corrected chi connectivity index (χ3v) is 2.49. The largest absolute Gasteiger partial charge is 0.376 e. The van der Waals surface area contributed by atoms with Crippen LogP contribution >= 0.6 is 11.6 Å². The van der Waals surface area contributed by atoms with Gasteiger partial charge in [0.2, 0.25) is 0 Å². The van der Waals surface area contributed by atoms with Crippen LogP contribution < -0.4 is 0 Å². The van der Waals surface area contributed by atoms with Gasteiger partial charge in [0.05, 0.1) is 6.61 Å².